The van der Waals surface area contributed by atoms with Gasteiger partial charge in [-0.2, -0.15) is 0 Å². The molecule has 1 aromatic rings. The molecule has 0 amide bonds. The number of hydrogen-bond donors (Lipinski definition) is 1. The molecular formula is C12H16FN3O2. The predicted octanol–water partition coefficient (Wildman–Crippen LogP) is 1.94. The van der Waals surface area contributed by atoms with Crippen LogP contribution in [0.5, 0.6) is 0 Å². The maximum Gasteiger partial charge on any atom is 0.182 e. The maximum absolute atomic E-state index is 13.0. The van der Waals surface area contributed by atoms with Gasteiger partial charge < -0.3 is 4.42 Å². The molecule has 1 heterocycles. The van der Waals surface area contributed by atoms with E-state index >= 15 is 0 Å². The van der Waals surface area contributed by atoms with E-state index in [1.54, 1.807) is 6.08 Å². The number of nitrogens with zero attached hydrogens (tertiary/aromatic N) is 2. The van der Waals surface area contributed by atoms with Crippen molar-refractivity contribution in [2.45, 2.75) is 20.1 Å². The molecule has 0 spiro atoms. The minimum absolute atomic E-state index is 0.0825. The average molecular weight is 253 g/mol. The fourth-order valence-corrected chi connectivity index (χ4v) is 1.39. The number of ketones is 1. The second-order valence-electron chi connectivity index (χ2n) is 3.76. The fourth-order valence-electron chi connectivity index (χ4n) is 1.39. The van der Waals surface area contributed by atoms with Gasteiger partial charge in [0.25, 0.3) is 0 Å². The van der Waals surface area contributed by atoms with E-state index in [0.29, 0.717) is 11.3 Å². The Bertz CT molecular complexity index is 466. The highest BCUT2D eigenvalue weighted by molar-refractivity contribution is 5.96. The zero-order valence-electron chi connectivity index (χ0n) is 10.4. The van der Waals surface area contributed by atoms with Crippen LogP contribution in [0.15, 0.2) is 29.5 Å². The molecular weight excluding hydrogens is 237 g/mol. The smallest absolute Gasteiger partial charge is 0.182 e. The molecule has 6 heteroatoms. The lowest BCUT2D eigenvalue weighted by atomic mass is 10.1. The van der Waals surface area contributed by atoms with E-state index in [9.17, 15) is 9.18 Å². The molecule has 0 aliphatic carbocycles. The molecule has 1 unspecified atom stereocenters. The Morgan fingerprint density at radius 3 is 2.94 bits per heavy atom. The van der Waals surface area contributed by atoms with Gasteiger partial charge in [0, 0.05) is 19.0 Å². The molecule has 5 nitrogen and oxygen atoms in total. The van der Waals surface area contributed by atoms with Crippen LogP contribution in [-0.2, 0) is 0 Å². The standard InChI is InChI=1S/C12H16FN3O2/c1-4-5-10(6-16(14)9(3)13)12-11(8(2)17)15-7-18-12/h4-5,7,9H,1,6,14H2,2-3H3/b10-5+. The Labute approximate surface area is 105 Å². The lowest BCUT2D eigenvalue weighted by Gasteiger charge is -2.18. The van der Waals surface area contributed by atoms with Gasteiger partial charge in [0.2, 0.25) is 0 Å². The summed E-state index contributed by atoms with van der Waals surface area (Å²) in [6.07, 6.45) is 2.97. The van der Waals surface area contributed by atoms with E-state index < -0.39 is 6.30 Å². The van der Waals surface area contributed by atoms with Gasteiger partial charge in [-0.25, -0.2) is 14.4 Å². The van der Waals surface area contributed by atoms with E-state index in [2.05, 4.69) is 11.6 Å². The molecule has 1 aromatic heterocycles. The second-order valence-corrected chi connectivity index (χ2v) is 3.76. The molecule has 0 aliphatic rings. The van der Waals surface area contributed by atoms with Crippen LogP contribution in [0.25, 0.3) is 5.57 Å². The molecule has 0 saturated carbocycles. The maximum atomic E-state index is 13.0. The average Bonchev–Trinajstić information content (AvgIpc) is 2.76. The van der Waals surface area contributed by atoms with Crippen molar-refractivity contribution in [3.05, 3.63) is 36.6 Å². The first-order valence-electron chi connectivity index (χ1n) is 5.39. The summed E-state index contributed by atoms with van der Waals surface area (Å²) in [5.41, 5.74) is 0.739. The number of aromatic nitrogens is 1. The summed E-state index contributed by atoms with van der Waals surface area (Å²) < 4.78 is 18.2. The van der Waals surface area contributed by atoms with Gasteiger partial charge in [0.15, 0.2) is 29.9 Å². The number of Topliss-reactive ketones (excluding diaryl/α,β-unsaturated/α-hetero) is 1. The molecule has 0 aliphatic heterocycles. The SMILES string of the molecule is C=C/C=C(\CN(N)C(C)F)c1ocnc1C(C)=O. The molecule has 98 valence electrons. The van der Waals surface area contributed by atoms with Gasteiger partial charge in [-0.3, -0.25) is 10.6 Å². The second kappa shape index (κ2) is 6.23. The van der Waals surface area contributed by atoms with Crippen molar-refractivity contribution >= 4 is 11.4 Å². The van der Waals surface area contributed by atoms with Crippen LogP contribution in [0.2, 0.25) is 0 Å². The number of alkyl halides is 1. The molecule has 1 atom stereocenters. The predicted molar refractivity (Wildman–Crippen MR) is 66.1 cm³/mol. The van der Waals surface area contributed by atoms with Gasteiger partial charge in [0.05, 0.1) is 0 Å². The number of carbonyl (C=O) groups excluding carboxylic acids is 1. The van der Waals surface area contributed by atoms with E-state index in [-0.39, 0.29) is 18.0 Å². The Hall–Kier alpha value is -1.79. The van der Waals surface area contributed by atoms with E-state index in [0.717, 1.165) is 5.01 Å². The number of allylic oxidation sites excluding steroid dienone is 2. The number of oxazole rings is 1. The normalized spacial score (nSPS) is 13.7. The lowest BCUT2D eigenvalue weighted by Crippen LogP contribution is -2.37. The van der Waals surface area contributed by atoms with Gasteiger partial charge in [-0.05, 0) is 6.92 Å². The third-order valence-corrected chi connectivity index (χ3v) is 2.32. The van der Waals surface area contributed by atoms with Crippen LogP contribution in [0.4, 0.5) is 4.39 Å². The van der Waals surface area contributed by atoms with Crippen molar-refractivity contribution in [2.24, 2.45) is 5.84 Å². The Balaban J connectivity index is 3.06. The van der Waals surface area contributed by atoms with Crippen LogP contribution in [0.1, 0.15) is 30.1 Å². The van der Waals surface area contributed by atoms with Crippen molar-refractivity contribution in [2.75, 3.05) is 6.54 Å². The Morgan fingerprint density at radius 2 is 2.44 bits per heavy atom. The van der Waals surface area contributed by atoms with Crippen molar-refractivity contribution in [3.8, 4) is 0 Å². The van der Waals surface area contributed by atoms with Crippen molar-refractivity contribution in [1.29, 1.82) is 0 Å². The summed E-state index contributed by atoms with van der Waals surface area (Å²) in [5, 5.41) is 0.988. The van der Waals surface area contributed by atoms with Gasteiger partial charge >= 0.3 is 0 Å². The third-order valence-electron chi connectivity index (χ3n) is 2.32. The summed E-state index contributed by atoms with van der Waals surface area (Å²) in [7, 11) is 0. The number of hydrogen-bond acceptors (Lipinski definition) is 5. The summed E-state index contributed by atoms with van der Waals surface area (Å²) in [4.78, 5) is 15.2. The number of halogens is 1. The Morgan fingerprint density at radius 1 is 1.78 bits per heavy atom. The summed E-state index contributed by atoms with van der Waals surface area (Å²) in [5.74, 6) is 5.58. The van der Waals surface area contributed by atoms with Gasteiger partial charge in [-0.1, -0.05) is 18.7 Å². The molecule has 0 bridgehead atoms. The number of nitrogens with two attached hydrogens (primary N) is 1. The lowest BCUT2D eigenvalue weighted by molar-refractivity contribution is 0.101. The molecule has 1 rings (SSSR count). The van der Waals surface area contributed by atoms with Gasteiger partial charge in [-0.15, -0.1) is 0 Å². The largest absolute Gasteiger partial charge is 0.443 e. The van der Waals surface area contributed by atoms with E-state index in [1.807, 2.05) is 0 Å². The minimum atomic E-state index is -1.32. The van der Waals surface area contributed by atoms with Crippen LogP contribution in [-0.4, -0.2) is 28.6 Å². The topological polar surface area (TPSA) is 72.4 Å². The van der Waals surface area contributed by atoms with Gasteiger partial charge in [0.1, 0.15) is 0 Å². The number of carbonyl (C=O) groups is 1. The fraction of sp³-hybridized carbons (Fsp3) is 0.333. The first-order valence-corrected chi connectivity index (χ1v) is 5.39. The van der Waals surface area contributed by atoms with Crippen molar-refractivity contribution in [1.82, 2.24) is 9.99 Å². The third kappa shape index (κ3) is 3.35. The van der Waals surface area contributed by atoms with E-state index in [1.165, 1.54) is 26.3 Å². The molecule has 0 fully saturated rings. The highest BCUT2D eigenvalue weighted by Gasteiger charge is 2.19. The first kappa shape index (κ1) is 14.3. The van der Waals surface area contributed by atoms with Crippen LogP contribution < -0.4 is 5.84 Å². The zero-order chi connectivity index (χ0) is 13.7. The minimum Gasteiger partial charge on any atom is -0.443 e. The monoisotopic (exact) mass is 253 g/mol. The highest BCUT2D eigenvalue weighted by atomic mass is 19.1. The molecule has 0 saturated heterocycles. The summed E-state index contributed by atoms with van der Waals surface area (Å²) in [6.45, 7) is 6.34. The van der Waals surface area contributed by atoms with E-state index in [4.69, 9.17) is 10.3 Å². The van der Waals surface area contributed by atoms with Crippen molar-refractivity contribution < 1.29 is 13.6 Å². The highest BCUT2D eigenvalue weighted by Crippen LogP contribution is 2.20. The molecule has 2 N–H and O–H groups in total. The Kier molecular flexibility index (Phi) is 4.94. The van der Waals surface area contributed by atoms with Crippen LogP contribution >= 0.6 is 0 Å². The quantitative estimate of drug-likeness (QED) is 0.276. The molecule has 18 heavy (non-hydrogen) atoms. The summed E-state index contributed by atoms with van der Waals surface area (Å²) in [6, 6.07) is 0. The number of rotatable bonds is 6. The molecule has 0 radical (unpaired) electrons. The molecule has 0 aromatic carbocycles. The number of hydrazine groups is 1. The summed E-state index contributed by atoms with van der Waals surface area (Å²) >= 11 is 0. The zero-order valence-corrected chi connectivity index (χ0v) is 10.4. The van der Waals surface area contributed by atoms with Crippen molar-refractivity contribution in [3.63, 3.8) is 0 Å². The first-order chi connectivity index (χ1) is 8.47. The van der Waals surface area contributed by atoms with Crippen LogP contribution in [0, 0.1) is 0 Å². The van der Waals surface area contributed by atoms with Crippen LogP contribution in [0.3, 0.4) is 0 Å².